The van der Waals surface area contributed by atoms with Gasteiger partial charge in [-0.15, -0.1) is 0 Å². The second-order valence-electron chi connectivity index (χ2n) is 5.70. The number of phenolic OH excluding ortho intramolecular Hbond substituents is 1. The summed E-state index contributed by atoms with van der Waals surface area (Å²) in [7, 11) is 0. The molecular formula is C15H20N4O3S. The number of nitrogens with one attached hydrogen (secondary N) is 2. The van der Waals surface area contributed by atoms with E-state index in [0.717, 1.165) is 23.4 Å². The smallest absolute Gasteiger partial charge is 0.184 e. The fraction of sp³-hybridized carbons (Fsp3) is 0.400. The number of benzene rings is 1. The van der Waals surface area contributed by atoms with Crippen LogP contribution in [0.3, 0.4) is 0 Å². The van der Waals surface area contributed by atoms with E-state index in [-0.39, 0.29) is 10.9 Å². The normalized spacial score (nSPS) is 20.7. The number of nitrogens with zero attached hydrogens (tertiary/aromatic N) is 1. The first-order valence-electron chi connectivity index (χ1n) is 7.35. The molecule has 7 nitrogen and oxygen atoms in total. The predicted molar refractivity (Wildman–Crippen MR) is 87.9 cm³/mol. The van der Waals surface area contributed by atoms with Gasteiger partial charge in [-0.1, -0.05) is 0 Å². The number of hydrogen-bond acceptors (Lipinski definition) is 5. The van der Waals surface area contributed by atoms with Crippen molar-refractivity contribution in [3.8, 4) is 5.75 Å². The van der Waals surface area contributed by atoms with Crippen LogP contribution in [-0.2, 0) is 11.3 Å². The molecule has 2 rings (SSSR count). The lowest BCUT2D eigenvalue weighted by Crippen LogP contribution is -3.14. The molecule has 1 aromatic carbocycles. The molecule has 2 atom stereocenters. The van der Waals surface area contributed by atoms with Gasteiger partial charge in [0.25, 0.3) is 0 Å². The minimum Gasteiger partial charge on any atom is -0.544 e. The third-order valence-electron chi connectivity index (χ3n) is 3.93. The number of rotatable bonds is 5. The first kappa shape index (κ1) is 17.2. The molecule has 5 N–H and O–H groups in total. The first-order valence-corrected chi connectivity index (χ1v) is 7.75. The van der Waals surface area contributed by atoms with E-state index in [1.165, 1.54) is 6.21 Å². The third-order valence-corrected chi connectivity index (χ3v) is 4.02. The molecule has 8 heteroatoms. The second kappa shape index (κ2) is 7.38. The van der Waals surface area contributed by atoms with E-state index < -0.39 is 12.0 Å². The SMILES string of the molecule is Cc1cc(/C=N/NC(N)=S)c(O)c(C[NH+]2CCC[C@@H]2C(=O)[O-])c1. The first-order chi connectivity index (χ1) is 10.9. The number of likely N-dealkylation sites (tertiary alicyclic amines) is 1. The van der Waals surface area contributed by atoms with Crippen molar-refractivity contribution in [1.82, 2.24) is 5.43 Å². The summed E-state index contributed by atoms with van der Waals surface area (Å²) >= 11 is 4.65. The maximum Gasteiger partial charge on any atom is 0.184 e. The zero-order chi connectivity index (χ0) is 17.0. The van der Waals surface area contributed by atoms with Gasteiger partial charge in [-0.3, -0.25) is 5.43 Å². The van der Waals surface area contributed by atoms with Gasteiger partial charge in [0.2, 0.25) is 0 Å². The lowest BCUT2D eigenvalue weighted by molar-refractivity contribution is -0.919. The van der Waals surface area contributed by atoms with E-state index >= 15 is 0 Å². The van der Waals surface area contributed by atoms with Crippen molar-refractivity contribution in [2.45, 2.75) is 32.4 Å². The van der Waals surface area contributed by atoms with E-state index in [4.69, 9.17) is 5.73 Å². The molecule has 0 bridgehead atoms. The Kier molecular flexibility index (Phi) is 5.51. The quantitative estimate of drug-likeness (QED) is 0.285. The zero-order valence-corrected chi connectivity index (χ0v) is 13.7. The highest BCUT2D eigenvalue weighted by atomic mass is 32.1. The number of nitrogens with two attached hydrogens (primary N) is 1. The highest BCUT2D eigenvalue weighted by molar-refractivity contribution is 7.80. The highest BCUT2D eigenvalue weighted by Gasteiger charge is 2.30. The minimum absolute atomic E-state index is 0.0342. The predicted octanol–water partition coefficient (Wildman–Crippen LogP) is -1.84. The van der Waals surface area contributed by atoms with Crippen LogP contribution in [-0.4, -0.2) is 35.0 Å². The third kappa shape index (κ3) is 4.40. The van der Waals surface area contributed by atoms with Crippen molar-refractivity contribution in [2.75, 3.05) is 6.54 Å². The monoisotopic (exact) mass is 336 g/mol. The Bertz CT molecular complexity index is 648. The number of aliphatic carboxylic acids is 1. The van der Waals surface area contributed by atoms with Crippen LogP contribution < -0.4 is 21.2 Å². The Balaban J connectivity index is 2.22. The number of hydrogen-bond donors (Lipinski definition) is 4. The zero-order valence-electron chi connectivity index (χ0n) is 12.8. The summed E-state index contributed by atoms with van der Waals surface area (Å²) in [6.45, 7) is 3.07. The van der Waals surface area contributed by atoms with Crippen molar-refractivity contribution in [3.05, 3.63) is 28.8 Å². The maximum atomic E-state index is 11.2. The number of carboxylic acids is 1. The fourth-order valence-corrected chi connectivity index (χ4v) is 2.99. The standard InChI is InChI=1S/C15H20N4O3S/c1-9-5-10(7-17-18-15(16)23)13(20)11(6-9)8-19-4-2-3-12(19)14(21)22/h5-7,12,20H,2-4,8H2,1H3,(H,21,22)(H3,16,18,23)/b17-7+/t12-/m1/s1. The number of carboxylic acid groups (broad SMARTS) is 1. The topological polar surface area (TPSA) is 115 Å². The Morgan fingerprint density at radius 3 is 3.04 bits per heavy atom. The minimum atomic E-state index is -1.04. The number of thiocarbonyl (C=S) groups is 1. The van der Waals surface area contributed by atoms with Gasteiger partial charge < -0.3 is 25.6 Å². The molecule has 1 unspecified atom stereocenters. The Morgan fingerprint density at radius 2 is 2.39 bits per heavy atom. The molecule has 1 saturated heterocycles. The van der Waals surface area contributed by atoms with Gasteiger partial charge >= 0.3 is 0 Å². The molecule has 0 aliphatic carbocycles. The molecule has 1 aliphatic rings. The summed E-state index contributed by atoms with van der Waals surface area (Å²) < 4.78 is 0. The number of aryl methyl sites for hydroxylation is 1. The maximum absolute atomic E-state index is 11.2. The molecule has 1 aliphatic heterocycles. The highest BCUT2D eigenvalue weighted by Crippen LogP contribution is 2.23. The summed E-state index contributed by atoms with van der Waals surface area (Å²) in [5.41, 5.74) is 9.87. The molecule has 0 aromatic heterocycles. The van der Waals surface area contributed by atoms with Gasteiger partial charge in [-0.25, -0.2) is 0 Å². The van der Waals surface area contributed by atoms with Gasteiger partial charge in [-0.2, -0.15) is 5.10 Å². The van der Waals surface area contributed by atoms with Gasteiger partial charge in [0, 0.05) is 24.0 Å². The lowest BCUT2D eigenvalue weighted by atomic mass is 10.0. The van der Waals surface area contributed by atoms with Crippen molar-refractivity contribution in [2.24, 2.45) is 10.8 Å². The van der Waals surface area contributed by atoms with E-state index in [1.807, 2.05) is 13.0 Å². The molecule has 0 radical (unpaired) electrons. The Morgan fingerprint density at radius 1 is 1.65 bits per heavy atom. The molecule has 23 heavy (non-hydrogen) atoms. The van der Waals surface area contributed by atoms with Crippen LogP contribution in [0.4, 0.5) is 0 Å². The number of aromatic hydroxyl groups is 1. The van der Waals surface area contributed by atoms with Crippen LogP contribution >= 0.6 is 12.2 Å². The van der Waals surface area contributed by atoms with Crippen LogP contribution in [0, 0.1) is 6.92 Å². The Hall–Kier alpha value is -2.19. The van der Waals surface area contributed by atoms with Crippen LogP contribution in [0.25, 0.3) is 0 Å². The average molecular weight is 336 g/mol. The van der Waals surface area contributed by atoms with Crippen LogP contribution in [0.5, 0.6) is 5.75 Å². The van der Waals surface area contributed by atoms with E-state index in [9.17, 15) is 15.0 Å². The molecule has 124 valence electrons. The van der Waals surface area contributed by atoms with Crippen molar-refractivity contribution >= 4 is 29.5 Å². The number of carbonyl (C=O) groups excluding carboxylic acids is 1. The summed E-state index contributed by atoms with van der Waals surface area (Å²) in [5, 5.41) is 25.5. The van der Waals surface area contributed by atoms with E-state index in [1.54, 1.807) is 6.07 Å². The van der Waals surface area contributed by atoms with Crippen LogP contribution in [0.2, 0.25) is 0 Å². The number of quaternary nitrogens is 1. The van der Waals surface area contributed by atoms with E-state index in [0.29, 0.717) is 24.1 Å². The van der Waals surface area contributed by atoms with Crippen molar-refractivity contribution < 1.29 is 19.9 Å². The van der Waals surface area contributed by atoms with Gasteiger partial charge in [0.1, 0.15) is 18.3 Å². The second-order valence-corrected chi connectivity index (χ2v) is 6.13. The fourth-order valence-electron chi connectivity index (χ4n) is 2.93. The molecule has 1 aromatic rings. The van der Waals surface area contributed by atoms with Gasteiger partial charge in [0.15, 0.2) is 5.11 Å². The number of hydrazone groups is 1. The van der Waals surface area contributed by atoms with E-state index in [2.05, 4.69) is 22.7 Å². The molecular weight excluding hydrogens is 316 g/mol. The van der Waals surface area contributed by atoms with Crippen LogP contribution in [0.1, 0.15) is 29.5 Å². The van der Waals surface area contributed by atoms with Crippen molar-refractivity contribution in [3.63, 3.8) is 0 Å². The summed E-state index contributed by atoms with van der Waals surface area (Å²) in [4.78, 5) is 12.1. The molecule has 0 amide bonds. The number of phenols is 1. The average Bonchev–Trinajstić information content (AvgIpc) is 2.91. The molecule has 1 heterocycles. The summed E-state index contributed by atoms with van der Waals surface area (Å²) in [6, 6.07) is 3.10. The molecule has 0 spiro atoms. The number of carbonyl (C=O) groups is 1. The summed E-state index contributed by atoms with van der Waals surface area (Å²) in [5.74, 6) is -0.951. The van der Waals surface area contributed by atoms with Gasteiger partial charge in [0.05, 0.1) is 18.7 Å². The van der Waals surface area contributed by atoms with Crippen molar-refractivity contribution in [1.29, 1.82) is 0 Å². The molecule has 1 fully saturated rings. The van der Waals surface area contributed by atoms with Crippen LogP contribution in [0.15, 0.2) is 17.2 Å². The summed E-state index contributed by atoms with van der Waals surface area (Å²) in [6.07, 6.45) is 2.88. The van der Waals surface area contributed by atoms with Gasteiger partial charge in [-0.05, 0) is 36.8 Å². The lowest BCUT2D eigenvalue weighted by Gasteiger charge is -2.23. The largest absolute Gasteiger partial charge is 0.544 e. The Labute approximate surface area is 139 Å². The molecule has 0 saturated carbocycles.